The van der Waals surface area contributed by atoms with E-state index in [1.165, 1.54) is 24.3 Å². The Morgan fingerprint density at radius 1 is 1.22 bits per heavy atom. The van der Waals surface area contributed by atoms with Gasteiger partial charge in [-0.15, -0.1) is 0 Å². The second kappa shape index (κ2) is 10.8. The predicted octanol–water partition coefficient (Wildman–Crippen LogP) is 2.03. The Morgan fingerprint density at radius 3 is 2.51 bits per heavy atom. The summed E-state index contributed by atoms with van der Waals surface area (Å²) in [7, 11) is -3.82. The van der Waals surface area contributed by atoms with Crippen molar-refractivity contribution in [1.29, 1.82) is 0 Å². The number of rotatable bonds is 8. The number of hydrogen-bond donors (Lipinski definition) is 3. The molecule has 0 unspecified atom stereocenters. The molecule has 1 aromatic heterocycles. The van der Waals surface area contributed by atoms with Gasteiger partial charge in [0, 0.05) is 37.2 Å². The Morgan fingerprint density at radius 2 is 1.89 bits per heavy atom. The lowest BCUT2D eigenvalue weighted by atomic mass is 10.0. The number of ether oxygens (including phenoxy) is 1. The van der Waals surface area contributed by atoms with Crippen molar-refractivity contribution in [1.82, 2.24) is 14.9 Å². The van der Waals surface area contributed by atoms with Crippen molar-refractivity contribution in [2.45, 2.75) is 56.4 Å². The molecule has 4 N–H and O–H groups in total. The third-order valence-electron chi connectivity index (χ3n) is 6.15. The summed E-state index contributed by atoms with van der Waals surface area (Å²) >= 11 is 0. The first-order valence-electron chi connectivity index (χ1n) is 11.6. The monoisotopic (exact) mass is 530 g/mol. The minimum absolute atomic E-state index is 0.0303. The van der Waals surface area contributed by atoms with E-state index in [0.717, 1.165) is 0 Å². The van der Waals surface area contributed by atoms with E-state index in [-0.39, 0.29) is 23.6 Å². The number of aliphatic hydroxyl groups excluding tert-OH is 1. The Balaban J connectivity index is 1.55. The molecule has 12 heteroatoms. The molecule has 0 bridgehead atoms. The van der Waals surface area contributed by atoms with Gasteiger partial charge in [-0.25, -0.2) is 22.9 Å². The van der Waals surface area contributed by atoms with Crippen LogP contribution in [0.3, 0.4) is 0 Å². The second-order valence-corrected chi connectivity index (χ2v) is 10.5. The molecule has 2 atom stereocenters. The fourth-order valence-electron chi connectivity index (χ4n) is 4.22. The van der Waals surface area contributed by atoms with Crippen LogP contribution in [0.1, 0.15) is 41.0 Å². The van der Waals surface area contributed by atoms with Crippen LogP contribution in [0, 0.1) is 12.7 Å². The van der Waals surface area contributed by atoms with Crippen LogP contribution in [0.5, 0.6) is 0 Å². The summed E-state index contributed by atoms with van der Waals surface area (Å²) in [6, 6.07) is 11.5. The molecule has 10 nitrogen and oxygen atoms in total. The molecule has 1 fully saturated rings. The Bertz CT molecular complexity index is 1400. The first-order valence-corrected chi connectivity index (χ1v) is 13.2. The number of aliphatic hydroxyl groups is 1. The van der Waals surface area contributed by atoms with Crippen LogP contribution >= 0.6 is 0 Å². The fraction of sp³-hybridized carbons (Fsp3) is 0.320. The number of primary sulfonamides is 1. The van der Waals surface area contributed by atoms with Crippen molar-refractivity contribution < 1.29 is 32.2 Å². The standard InChI is InChI=1S/C25H27FN4O6S/c1-15-23(25(33)28-14-16-2-8-21(9-3-16)37(27,34)35)29-24(17-4-6-18(26)7-5-17)30(15)11-10-20-12-19(31)13-22(32)36-20/h2-9,19-20,31H,10-14H2,1H3,(H,28,33)(H2,27,34,35)/t19-,20-/m1/s1. The van der Waals surface area contributed by atoms with E-state index in [0.29, 0.717) is 42.0 Å². The maximum Gasteiger partial charge on any atom is 0.308 e. The highest BCUT2D eigenvalue weighted by atomic mass is 32.2. The highest BCUT2D eigenvalue weighted by Crippen LogP contribution is 2.25. The maximum absolute atomic E-state index is 13.5. The number of esters is 1. The molecule has 196 valence electrons. The molecular weight excluding hydrogens is 503 g/mol. The van der Waals surface area contributed by atoms with Crippen molar-refractivity contribution in [2.75, 3.05) is 0 Å². The van der Waals surface area contributed by atoms with Gasteiger partial charge in [0.05, 0.1) is 17.4 Å². The van der Waals surface area contributed by atoms with Gasteiger partial charge in [-0.2, -0.15) is 0 Å². The number of amides is 1. The zero-order chi connectivity index (χ0) is 26.7. The highest BCUT2D eigenvalue weighted by molar-refractivity contribution is 7.89. The normalized spacial score (nSPS) is 17.9. The van der Waals surface area contributed by atoms with Gasteiger partial charge in [0.2, 0.25) is 10.0 Å². The van der Waals surface area contributed by atoms with Gasteiger partial charge in [0.25, 0.3) is 5.91 Å². The van der Waals surface area contributed by atoms with Crippen LogP contribution in [0.25, 0.3) is 11.4 Å². The maximum atomic E-state index is 13.5. The van der Waals surface area contributed by atoms with Crippen molar-refractivity contribution in [3.05, 3.63) is 71.3 Å². The van der Waals surface area contributed by atoms with Gasteiger partial charge in [-0.3, -0.25) is 9.59 Å². The Hall–Kier alpha value is -3.61. The van der Waals surface area contributed by atoms with Gasteiger partial charge >= 0.3 is 5.97 Å². The number of imidazole rings is 1. The number of sulfonamides is 1. The van der Waals surface area contributed by atoms with Crippen LogP contribution in [-0.2, 0) is 32.6 Å². The van der Waals surface area contributed by atoms with Crippen LogP contribution in [-0.4, -0.2) is 47.2 Å². The lowest BCUT2D eigenvalue weighted by Gasteiger charge is -2.26. The number of carbonyl (C=O) groups excluding carboxylic acids is 2. The number of halogens is 1. The molecular formula is C25H27FN4O6S. The molecule has 0 spiro atoms. The number of carbonyl (C=O) groups is 2. The molecule has 1 amide bonds. The van der Waals surface area contributed by atoms with Crippen LogP contribution < -0.4 is 10.5 Å². The van der Waals surface area contributed by atoms with E-state index in [2.05, 4.69) is 10.3 Å². The summed E-state index contributed by atoms with van der Waals surface area (Å²) in [4.78, 5) is 29.3. The summed E-state index contributed by atoms with van der Waals surface area (Å²) in [6.45, 7) is 2.20. The summed E-state index contributed by atoms with van der Waals surface area (Å²) < 4.78 is 43.5. The summed E-state index contributed by atoms with van der Waals surface area (Å²) in [6.07, 6.45) is -0.547. The SMILES string of the molecule is Cc1c(C(=O)NCc2ccc(S(N)(=O)=O)cc2)nc(-c2ccc(F)cc2)n1CC[C@@H]1C[C@@H](O)CC(=O)O1. The van der Waals surface area contributed by atoms with Gasteiger partial charge in [0.1, 0.15) is 23.4 Å². The first kappa shape index (κ1) is 26.5. The summed E-state index contributed by atoms with van der Waals surface area (Å²) in [5, 5.41) is 17.8. The van der Waals surface area contributed by atoms with Crippen LogP contribution in [0.2, 0.25) is 0 Å². The summed E-state index contributed by atoms with van der Waals surface area (Å²) in [5.41, 5.74) is 1.99. The molecule has 2 aromatic carbocycles. The van der Waals surface area contributed by atoms with Gasteiger partial charge in [-0.1, -0.05) is 12.1 Å². The number of aromatic nitrogens is 2. The zero-order valence-corrected chi connectivity index (χ0v) is 20.9. The number of nitrogens with one attached hydrogen (secondary N) is 1. The molecule has 0 radical (unpaired) electrons. The van der Waals surface area contributed by atoms with Crippen molar-refractivity contribution in [3.63, 3.8) is 0 Å². The number of hydrogen-bond acceptors (Lipinski definition) is 7. The molecule has 1 saturated heterocycles. The quantitative estimate of drug-likeness (QED) is 0.377. The van der Waals surface area contributed by atoms with E-state index in [1.54, 1.807) is 35.8 Å². The van der Waals surface area contributed by atoms with E-state index < -0.39 is 39.9 Å². The van der Waals surface area contributed by atoms with Gasteiger partial charge in [0.15, 0.2) is 0 Å². The average Bonchev–Trinajstić information content (AvgIpc) is 3.17. The molecule has 4 rings (SSSR count). The number of benzene rings is 2. The topological polar surface area (TPSA) is 154 Å². The van der Waals surface area contributed by atoms with E-state index in [1.807, 2.05) is 0 Å². The van der Waals surface area contributed by atoms with Crippen molar-refractivity contribution >= 4 is 21.9 Å². The largest absolute Gasteiger partial charge is 0.462 e. The van der Waals surface area contributed by atoms with E-state index >= 15 is 0 Å². The molecule has 0 aliphatic carbocycles. The van der Waals surface area contributed by atoms with Gasteiger partial charge in [-0.05, 0) is 48.9 Å². The Kier molecular flexibility index (Phi) is 7.71. The number of nitrogens with two attached hydrogens (primary N) is 1. The lowest BCUT2D eigenvalue weighted by molar-refractivity contribution is -0.160. The molecule has 0 saturated carbocycles. The van der Waals surface area contributed by atoms with E-state index in [9.17, 15) is 27.5 Å². The van der Waals surface area contributed by atoms with Crippen molar-refractivity contribution in [2.24, 2.45) is 5.14 Å². The lowest BCUT2D eigenvalue weighted by Crippen LogP contribution is -2.33. The summed E-state index contributed by atoms with van der Waals surface area (Å²) in [5.74, 6) is -0.868. The average molecular weight is 531 g/mol. The van der Waals surface area contributed by atoms with Gasteiger partial charge < -0.3 is 19.7 Å². The van der Waals surface area contributed by atoms with Crippen LogP contribution in [0.15, 0.2) is 53.4 Å². The molecule has 1 aliphatic heterocycles. The molecule has 1 aliphatic rings. The fourth-order valence-corrected chi connectivity index (χ4v) is 4.73. The minimum atomic E-state index is -3.82. The minimum Gasteiger partial charge on any atom is -0.462 e. The van der Waals surface area contributed by atoms with E-state index in [4.69, 9.17) is 9.88 Å². The first-order chi connectivity index (χ1) is 17.5. The smallest absolute Gasteiger partial charge is 0.308 e. The third kappa shape index (κ3) is 6.40. The highest BCUT2D eigenvalue weighted by Gasteiger charge is 2.28. The molecule has 3 aromatic rings. The number of nitrogens with zero attached hydrogens (tertiary/aromatic N) is 2. The number of cyclic esters (lactones) is 1. The second-order valence-electron chi connectivity index (χ2n) is 8.89. The molecule has 37 heavy (non-hydrogen) atoms. The van der Waals surface area contributed by atoms with Crippen LogP contribution in [0.4, 0.5) is 4.39 Å². The Labute approximate surface area is 213 Å². The predicted molar refractivity (Wildman–Crippen MR) is 131 cm³/mol. The third-order valence-corrected chi connectivity index (χ3v) is 7.08. The van der Waals surface area contributed by atoms with Crippen molar-refractivity contribution in [3.8, 4) is 11.4 Å². The zero-order valence-electron chi connectivity index (χ0n) is 20.1. The molecule has 2 heterocycles.